The molecule has 1 fully saturated rings. The second-order valence-electron chi connectivity index (χ2n) is 6.65. The number of rotatable bonds is 10. The molecule has 3 heteroatoms. The van der Waals surface area contributed by atoms with E-state index in [-0.39, 0.29) is 5.54 Å². The van der Waals surface area contributed by atoms with Gasteiger partial charge in [-0.2, -0.15) is 5.26 Å². The van der Waals surface area contributed by atoms with E-state index in [4.69, 9.17) is 0 Å². The first-order valence-electron chi connectivity index (χ1n) is 9.08. The third-order valence-electron chi connectivity index (χ3n) is 5.01. The molecule has 3 nitrogen and oxygen atoms in total. The summed E-state index contributed by atoms with van der Waals surface area (Å²) in [7, 11) is 0. The Bertz CT molecular complexity index is 302. The van der Waals surface area contributed by atoms with Crippen LogP contribution < -0.4 is 5.32 Å². The molecule has 1 N–H and O–H groups in total. The molecule has 0 radical (unpaired) electrons. The van der Waals surface area contributed by atoms with Gasteiger partial charge in [0.1, 0.15) is 5.54 Å². The lowest BCUT2D eigenvalue weighted by Crippen LogP contribution is -2.44. The molecule has 0 amide bonds. The van der Waals surface area contributed by atoms with Crippen molar-refractivity contribution in [3.05, 3.63) is 0 Å². The fraction of sp³-hybridized carbons (Fsp3) is 0.944. The highest BCUT2D eigenvalue weighted by Gasteiger charge is 2.27. The minimum absolute atomic E-state index is 0.295. The molecular weight excluding hydrogens is 258 g/mol. The molecule has 0 aromatic carbocycles. The third kappa shape index (κ3) is 6.36. The molecule has 122 valence electrons. The monoisotopic (exact) mass is 293 g/mol. The van der Waals surface area contributed by atoms with Crippen LogP contribution in [0.1, 0.15) is 72.1 Å². The molecule has 1 atom stereocenters. The first-order chi connectivity index (χ1) is 10.2. The first-order valence-corrected chi connectivity index (χ1v) is 9.08. The van der Waals surface area contributed by atoms with Gasteiger partial charge in [0.25, 0.3) is 0 Å². The van der Waals surface area contributed by atoms with Crippen molar-refractivity contribution in [2.24, 2.45) is 5.92 Å². The molecule has 1 aliphatic heterocycles. The van der Waals surface area contributed by atoms with Crippen LogP contribution in [0.4, 0.5) is 0 Å². The zero-order valence-corrected chi connectivity index (χ0v) is 14.5. The molecule has 0 aliphatic carbocycles. The van der Waals surface area contributed by atoms with Gasteiger partial charge in [-0.15, -0.1) is 0 Å². The fourth-order valence-electron chi connectivity index (χ4n) is 3.44. The van der Waals surface area contributed by atoms with Crippen molar-refractivity contribution in [3.63, 3.8) is 0 Å². The van der Waals surface area contributed by atoms with Crippen LogP contribution in [0.2, 0.25) is 0 Å². The number of nitrogens with one attached hydrogen (secondary N) is 1. The van der Waals surface area contributed by atoms with Gasteiger partial charge in [-0.3, -0.25) is 5.32 Å². The van der Waals surface area contributed by atoms with Crippen LogP contribution in [0.3, 0.4) is 0 Å². The van der Waals surface area contributed by atoms with Crippen LogP contribution >= 0.6 is 0 Å². The van der Waals surface area contributed by atoms with E-state index in [2.05, 4.69) is 37.1 Å². The van der Waals surface area contributed by atoms with E-state index in [1.54, 1.807) is 0 Å². The van der Waals surface area contributed by atoms with Crippen LogP contribution in [-0.4, -0.2) is 36.6 Å². The molecule has 0 spiro atoms. The maximum absolute atomic E-state index is 9.51. The van der Waals surface area contributed by atoms with Gasteiger partial charge in [0.05, 0.1) is 6.07 Å². The van der Waals surface area contributed by atoms with Crippen molar-refractivity contribution in [2.75, 3.05) is 26.2 Å². The molecule has 0 bridgehead atoms. The third-order valence-corrected chi connectivity index (χ3v) is 5.01. The predicted octanol–water partition coefficient (Wildman–Crippen LogP) is 3.95. The van der Waals surface area contributed by atoms with Gasteiger partial charge in [0, 0.05) is 0 Å². The summed E-state index contributed by atoms with van der Waals surface area (Å²) in [6.45, 7) is 11.2. The average Bonchev–Trinajstić information content (AvgIpc) is 2.53. The molecule has 21 heavy (non-hydrogen) atoms. The van der Waals surface area contributed by atoms with E-state index in [0.717, 1.165) is 44.7 Å². The summed E-state index contributed by atoms with van der Waals surface area (Å²) in [5.74, 6) is 0.964. The Kier molecular flexibility index (Phi) is 8.96. The predicted molar refractivity (Wildman–Crippen MR) is 90.2 cm³/mol. The lowest BCUT2D eigenvalue weighted by atomic mass is 9.90. The summed E-state index contributed by atoms with van der Waals surface area (Å²) >= 11 is 0. The number of piperidine rings is 1. The van der Waals surface area contributed by atoms with Gasteiger partial charge >= 0.3 is 0 Å². The maximum Gasteiger partial charge on any atom is 0.106 e. The molecule has 0 aromatic rings. The summed E-state index contributed by atoms with van der Waals surface area (Å²) in [6.07, 6.45) is 9.59. The van der Waals surface area contributed by atoms with Gasteiger partial charge in [0.2, 0.25) is 0 Å². The lowest BCUT2D eigenvalue weighted by molar-refractivity contribution is 0.171. The number of nitrogens with zero attached hydrogens (tertiary/aromatic N) is 2. The van der Waals surface area contributed by atoms with E-state index >= 15 is 0 Å². The van der Waals surface area contributed by atoms with Gasteiger partial charge in [-0.25, -0.2) is 0 Å². The number of likely N-dealkylation sites (tertiary alicyclic amines) is 1. The van der Waals surface area contributed by atoms with E-state index in [0.29, 0.717) is 0 Å². The van der Waals surface area contributed by atoms with Crippen LogP contribution in [0.15, 0.2) is 0 Å². The van der Waals surface area contributed by atoms with E-state index in [1.807, 2.05) is 0 Å². The van der Waals surface area contributed by atoms with Crippen molar-refractivity contribution >= 4 is 0 Å². The summed E-state index contributed by atoms with van der Waals surface area (Å²) < 4.78 is 0. The number of hydrogen-bond acceptors (Lipinski definition) is 3. The van der Waals surface area contributed by atoms with Crippen molar-refractivity contribution in [3.8, 4) is 6.07 Å². The number of hydrogen-bond donors (Lipinski definition) is 1. The average molecular weight is 293 g/mol. The van der Waals surface area contributed by atoms with Crippen LogP contribution in [0, 0.1) is 17.2 Å². The van der Waals surface area contributed by atoms with E-state index in [1.165, 1.54) is 38.8 Å². The number of nitriles is 1. The molecular formula is C18H35N3. The topological polar surface area (TPSA) is 39.1 Å². The van der Waals surface area contributed by atoms with Crippen molar-refractivity contribution in [2.45, 2.75) is 77.7 Å². The largest absolute Gasteiger partial charge is 0.303 e. The maximum atomic E-state index is 9.51. The minimum atomic E-state index is -0.295. The van der Waals surface area contributed by atoms with Gasteiger partial charge < -0.3 is 4.90 Å². The second kappa shape index (κ2) is 10.2. The molecule has 1 unspecified atom stereocenters. The second-order valence-corrected chi connectivity index (χ2v) is 6.65. The molecule has 0 saturated carbocycles. The molecule has 1 aliphatic rings. The smallest absolute Gasteiger partial charge is 0.106 e. The Hall–Kier alpha value is -0.590. The molecule has 0 aromatic heterocycles. The highest BCUT2D eigenvalue weighted by Crippen LogP contribution is 2.23. The standard InChI is InChI=1S/C18H35N3/c1-4-8-17-9-14-21(15-10-17)13-7-11-18(6-3,16-19)20-12-5-2/h17,20H,4-15H2,1-3H3. The van der Waals surface area contributed by atoms with Crippen molar-refractivity contribution in [1.82, 2.24) is 10.2 Å². The fourth-order valence-corrected chi connectivity index (χ4v) is 3.44. The molecule has 1 saturated heterocycles. The first kappa shape index (κ1) is 18.5. The lowest BCUT2D eigenvalue weighted by Gasteiger charge is -2.33. The van der Waals surface area contributed by atoms with Gasteiger partial charge in [-0.1, -0.05) is 33.6 Å². The van der Waals surface area contributed by atoms with Crippen molar-refractivity contribution < 1.29 is 0 Å². The highest BCUT2D eigenvalue weighted by molar-refractivity contribution is 5.06. The summed E-state index contributed by atoms with van der Waals surface area (Å²) in [5.41, 5.74) is -0.295. The van der Waals surface area contributed by atoms with E-state index in [9.17, 15) is 5.26 Å². The highest BCUT2D eigenvalue weighted by atomic mass is 15.1. The quantitative estimate of drug-likeness (QED) is 0.663. The summed E-state index contributed by atoms with van der Waals surface area (Å²) in [5, 5.41) is 13.0. The van der Waals surface area contributed by atoms with Crippen molar-refractivity contribution in [1.29, 1.82) is 5.26 Å². The Morgan fingerprint density at radius 3 is 2.43 bits per heavy atom. The molecule has 1 heterocycles. The normalized spacial score (nSPS) is 20.1. The summed E-state index contributed by atoms with van der Waals surface area (Å²) in [4.78, 5) is 2.60. The van der Waals surface area contributed by atoms with Gasteiger partial charge in [-0.05, 0) is 70.6 Å². The Morgan fingerprint density at radius 2 is 1.90 bits per heavy atom. The Morgan fingerprint density at radius 1 is 1.19 bits per heavy atom. The minimum Gasteiger partial charge on any atom is -0.303 e. The van der Waals surface area contributed by atoms with Crippen LogP contribution in [-0.2, 0) is 0 Å². The SMILES string of the molecule is CCCNC(C#N)(CC)CCCN1CCC(CCC)CC1. The van der Waals surface area contributed by atoms with Crippen LogP contribution in [0.25, 0.3) is 0 Å². The zero-order valence-electron chi connectivity index (χ0n) is 14.5. The molecule has 1 rings (SSSR count). The zero-order chi connectivity index (χ0) is 15.6. The van der Waals surface area contributed by atoms with Crippen LogP contribution in [0.5, 0.6) is 0 Å². The Balaban J connectivity index is 2.27. The van der Waals surface area contributed by atoms with Gasteiger partial charge in [0.15, 0.2) is 0 Å². The Labute approximate surface area is 132 Å². The van der Waals surface area contributed by atoms with E-state index < -0.39 is 0 Å². The summed E-state index contributed by atoms with van der Waals surface area (Å²) in [6, 6.07) is 2.53.